The highest BCUT2D eigenvalue weighted by Gasteiger charge is 2.00. The lowest BCUT2D eigenvalue weighted by molar-refractivity contribution is 0.415. The van der Waals surface area contributed by atoms with Gasteiger partial charge in [-0.25, -0.2) is 0 Å². The molecule has 2 aromatic rings. The van der Waals surface area contributed by atoms with Crippen LogP contribution in [0.3, 0.4) is 0 Å². The van der Waals surface area contributed by atoms with Gasteiger partial charge in [0.1, 0.15) is 5.75 Å². The van der Waals surface area contributed by atoms with E-state index in [1.54, 1.807) is 7.11 Å². The minimum atomic E-state index is 0.857. The second-order valence-corrected chi connectivity index (χ2v) is 2.97. The summed E-state index contributed by atoms with van der Waals surface area (Å²) in [4.78, 5) is 0. The van der Waals surface area contributed by atoms with Gasteiger partial charge in [0, 0.05) is 23.7 Å². The van der Waals surface area contributed by atoms with Crippen LogP contribution in [0.2, 0.25) is 0 Å². The van der Waals surface area contributed by atoms with Crippen LogP contribution < -0.4 is 4.74 Å². The third-order valence-electron chi connectivity index (χ3n) is 2.13. The Balaban J connectivity index is 2.67. The molecular formula is C12H11NO. The van der Waals surface area contributed by atoms with Crippen LogP contribution in [-0.2, 0) is 0 Å². The van der Waals surface area contributed by atoms with Crippen molar-refractivity contribution in [3.8, 4) is 17.7 Å². The normalized spacial score (nSPS) is 9.57. The number of methoxy groups -OCH3 is 1. The van der Waals surface area contributed by atoms with Crippen LogP contribution >= 0.6 is 0 Å². The molecule has 70 valence electrons. The quantitative estimate of drug-likeness (QED) is 0.622. The molecule has 0 atom stereocenters. The number of aromatic nitrogens is 1. The number of ether oxygens (including phenoxy) is 1. The van der Waals surface area contributed by atoms with Crippen LogP contribution in [0.25, 0.3) is 10.9 Å². The summed E-state index contributed by atoms with van der Waals surface area (Å²) in [5, 5.41) is 1.17. The topological polar surface area (TPSA) is 14.2 Å². The van der Waals surface area contributed by atoms with E-state index < -0.39 is 0 Å². The first kappa shape index (κ1) is 8.71. The van der Waals surface area contributed by atoms with Crippen LogP contribution in [0.15, 0.2) is 30.5 Å². The number of hydrogen-bond donors (Lipinski definition) is 0. The van der Waals surface area contributed by atoms with Gasteiger partial charge in [-0.2, -0.15) is 0 Å². The van der Waals surface area contributed by atoms with E-state index in [1.165, 1.54) is 5.39 Å². The Hall–Kier alpha value is -1.88. The summed E-state index contributed by atoms with van der Waals surface area (Å²) < 4.78 is 7.06. The predicted molar refractivity (Wildman–Crippen MR) is 57.3 cm³/mol. The average Bonchev–Trinajstić information content (AvgIpc) is 2.61. The molecule has 0 N–H and O–H groups in total. The monoisotopic (exact) mass is 185 g/mol. The van der Waals surface area contributed by atoms with Gasteiger partial charge in [0.05, 0.1) is 12.6 Å². The third-order valence-corrected chi connectivity index (χ3v) is 2.13. The molecule has 0 bridgehead atoms. The van der Waals surface area contributed by atoms with E-state index in [2.05, 4.69) is 12.0 Å². The van der Waals surface area contributed by atoms with Crippen molar-refractivity contribution < 1.29 is 4.74 Å². The Labute approximate surface area is 83.1 Å². The molecule has 0 saturated carbocycles. The number of fused-ring (bicyclic) bond motifs is 1. The average molecular weight is 185 g/mol. The molecule has 2 nitrogen and oxygen atoms in total. The van der Waals surface area contributed by atoms with Crippen molar-refractivity contribution in [3.05, 3.63) is 30.5 Å². The Kier molecular flexibility index (Phi) is 2.16. The summed E-state index contributed by atoms with van der Waals surface area (Å²) in [5.41, 5.74) is 1.08. The Morgan fingerprint density at radius 1 is 1.29 bits per heavy atom. The molecule has 2 rings (SSSR count). The maximum atomic E-state index is 5.16. The Morgan fingerprint density at radius 3 is 2.86 bits per heavy atom. The maximum absolute atomic E-state index is 5.16. The highest BCUT2D eigenvalue weighted by molar-refractivity contribution is 5.82. The van der Waals surface area contributed by atoms with Crippen molar-refractivity contribution in [2.24, 2.45) is 0 Å². The third kappa shape index (κ3) is 1.33. The van der Waals surface area contributed by atoms with Crippen molar-refractivity contribution in [2.45, 2.75) is 6.92 Å². The number of benzene rings is 1. The second-order valence-electron chi connectivity index (χ2n) is 2.97. The van der Waals surface area contributed by atoms with Crippen molar-refractivity contribution in [2.75, 3.05) is 7.11 Å². The van der Waals surface area contributed by atoms with Gasteiger partial charge < -0.3 is 4.74 Å². The standard InChI is InChI=1S/C12H11NO/c1-3-7-13-8-6-10-4-5-11(14-2)9-12(10)13/h4-6,8-9H,1-2H3. The zero-order valence-corrected chi connectivity index (χ0v) is 8.24. The molecule has 0 aliphatic heterocycles. The van der Waals surface area contributed by atoms with E-state index in [4.69, 9.17) is 4.74 Å². The van der Waals surface area contributed by atoms with E-state index in [-0.39, 0.29) is 0 Å². The molecule has 2 heteroatoms. The lowest BCUT2D eigenvalue weighted by Gasteiger charge is -2.00. The van der Waals surface area contributed by atoms with Gasteiger partial charge >= 0.3 is 0 Å². The van der Waals surface area contributed by atoms with Crippen LogP contribution in [0.4, 0.5) is 0 Å². The van der Waals surface area contributed by atoms with Gasteiger partial charge in [0.2, 0.25) is 0 Å². The Bertz CT molecular complexity index is 514. The molecule has 1 heterocycles. The number of rotatable bonds is 1. The first-order valence-electron chi connectivity index (χ1n) is 4.43. The van der Waals surface area contributed by atoms with Crippen molar-refractivity contribution in [3.63, 3.8) is 0 Å². The zero-order chi connectivity index (χ0) is 9.97. The molecule has 0 spiro atoms. The Morgan fingerprint density at radius 2 is 2.14 bits per heavy atom. The fourth-order valence-electron chi connectivity index (χ4n) is 1.45. The fraction of sp³-hybridized carbons (Fsp3) is 0.167. The smallest absolute Gasteiger partial charge is 0.121 e. The van der Waals surface area contributed by atoms with Gasteiger partial charge in [-0.15, -0.1) is 0 Å². The first-order valence-corrected chi connectivity index (χ1v) is 4.43. The van der Waals surface area contributed by atoms with Crippen molar-refractivity contribution in [1.82, 2.24) is 4.57 Å². The highest BCUT2D eigenvalue weighted by Crippen LogP contribution is 2.20. The lowest BCUT2D eigenvalue weighted by atomic mass is 10.2. The molecule has 1 aromatic heterocycles. The number of nitrogens with zero attached hydrogens (tertiary/aromatic N) is 1. The van der Waals surface area contributed by atoms with E-state index in [0.29, 0.717) is 0 Å². The molecule has 0 radical (unpaired) electrons. The molecule has 0 saturated heterocycles. The zero-order valence-electron chi connectivity index (χ0n) is 8.24. The minimum Gasteiger partial charge on any atom is -0.497 e. The van der Waals surface area contributed by atoms with Crippen LogP contribution in [0, 0.1) is 12.0 Å². The molecule has 0 aliphatic carbocycles. The molecule has 0 aliphatic rings. The highest BCUT2D eigenvalue weighted by atomic mass is 16.5. The largest absolute Gasteiger partial charge is 0.497 e. The molecular weight excluding hydrogens is 174 g/mol. The van der Waals surface area contributed by atoms with E-state index in [9.17, 15) is 0 Å². The molecule has 0 unspecified atom stereocenters. The lowest BCUT2D eigenvalue weighted by Crippen LogP contribution is -1.86. The fourth-order valence-corrected chi connectivity index (χ4v) is 1.45. The summed E-state index contributed by atoms with van der Waals surface area (Å²) in [5.74, 6) is 3.73. The molecule has 0 fully saturated rings. The second kappa shape index (κ2) is 3.47. The van der Waals surface area contributed by atoms with Crippen molar-refractivity contribution in [1.29, 1.82) is 0 Å². The van der Waals surface area contributed by atoms with Crippen LogP contribution in [-0.4, -0.2) is 11.7 Å². The van der Waals surface area contributed by atoms with Crippen LogP contribution in [0.1, 0.15) is 6.92 Å². The maximum Gasteiger partial charge on any atom is 0.121 e. The molecule has 1 aromatic carbocycles. The summed E-state index contributed by atoms with van der Waals surface area (Å²) in [6.07, 6.45) is 1.96. The van der Waals surface area contributed by atoms with Gasteiger partial charge in [-0.3, -0.25) is 4.57 Å². The van der Waals surface area contributed by atoms with Gasteiger partial charge in [-0.1, -0.05) is 5.92 Å². The first-order chi connectivity index (χ1) is 6.85. The van der Waals surface area contributed by atoms with Gasteiger partial charge in [-0.05, 0) is 25.1 Å². The van der Waals surface area contributed by atoms with E-state index in [0.717, 1.165) is 11.3 Å². The summed E-state index contributed by atoms with van der Waals surface area (Å²) in [6, 6.07) is 11.0. The molecule has 14 heavy (non-hydrogen) atoms. The molecule has 0 amide bonds. The summed E-state index contributed by atoms with van der Waals surface area (Å²) >= 11 is 0. The number of hydrogen-bond acceptors (Lipinski definition) is 1. The van der Waals surface area contributed by atoms with E-state index >= 15 is 0 Å². The van der Waals surface area contributed by atoms with Gasteiger partial charge in [0.15, 0.2) is 0 Å². The van der Waals surface area contributed by atoms with Crippen LogP contribution in [0.5, 0.6) is 5.75 Å². The van der Waals surface area contributed by atoms with E-state index in [1.807, 2.05) is 42.0 Å². The van der Waals surface area contributed by atoms with Gasteiger partial charge in [0.25, 0.3) is 0 Å². The SMILES string of the molecule is CC#Cn1ccc2ccc(OC)cc21. The predicted octanol–water partition coefficient (Wildman–Crippen LogP) is 2.48. The summed E-state index contributed by atoms with van der Waals surface area (Å²) in [7, 11) is 1.67. The summed E-state index contributed by atoms with van der Waals surface area (Å²) in [6.45, 7) is 1.83. The van der Waals surface area contributed by atoms with Crippen molar-refractivity contribution >= 4 is 10.9 Å². The minimum absolute atomic E-state index is 0.857.